The quantitative estimate of drug-likeness (QED) is 0.777. The van der Waals surface area contributed by atoms with Crippen molar-refractivity contribution >= 4 is 11.8 Å². The van der Waals surface area contributed by atoms with Crippen molar-refractivity contribution in [3.8, 4) is 0 Å². The molecule has 126 valence electrons. The lowest BCUT2D eigenvalue weighted by Gasteiger charge is -2.20. The van der Waals surface area contributed by atoms with Crippen LogP contribution < -0.4 is 10.6 Å². The van der Waals surface area contributed by atoms with Gasteiger partial charge in [0.25, 0.3) is 5.91 Å². The number of amides is 2. The molecule has 0 saturated carbocycles. The predicted octanol–water partition coefficient (Wildman–Crippen LogP) is 1.60. The number of halogens is 2. The zero-order valence-electron chi connectivity index (χ0n) is 12.8. The molecule has 24 heavy (non-hydrogen) atoms. The van der Waals surface area contributed by atoms with Crippen LogP contribution in [0.3, 0.4) is 0 Å². The average Bonchev–Trinajstić information content (AvgIpc) is 2.61. The van der Waals surface area contributed by atoms with Crippen molar-refractivity contribution in [3.63, 3.8) is 0 Å². The fraction of sp³-hybridized carbons (Fsp3) is 0.176. The van der Waals surface area contributed by atoms with Crippen molar-refractivity contribution in [2.45, 2.75) is 12.1 Å². The molecule has 2 rings (SSSR count). The normalized spacial score (nSPS) is 13.0. The van der Waals surface area contributed by atoms with E-state index in [1.807, 2.05) is 0 Å². The van der Waals surface area contributed by atoms with E-state index < -0.39 is 35.6 Å². The Balaban J connectivity index is 2.24. The standard InChI is InChI=1S/C17H16F2N2O3/c1-20-16(23)14(11-7-8-12(18)13(19)9-11)21-17(24)15(22)10-5-3-2-4-6-10/h2-9,14-15,22H,1H3,(H,20,23)(H,21,24). The molecule has 0 fully saturated rings. The van der Waals surface area contributed by atoms with Gasteiger partial charge >= 0.3 is 0 Å². The number of likely N-dealkylation sites (N-methyl/N-ethyl adjacent to an activating group) is 1. The fourth-order valence-electron chi connectivity index (χ4n) is 2.14. The summed E-state index contributed by atoms with van der Waals surface area (Å²) in [5, 5.41) is 14.7. The molecule has 5 nitrogen and oxygen atoms in total. The van der Waals surface area contributed by atoms with E-state index in [9.17, 15) is 23.5 Å². The van der Waals surface area contributed by atoms with Gasteiger partial charge in [0, 0.05) is 7.05 Å². The highest BCUT2D eigenvalue weighted by atomic mass is 19.2. The number of aliphatic hydroxyl groups is 1. The summed E-state index contributed by atoms with van der Waals surface area (Å²) in [6.45, 7) is 0. The van der Waals surface area contributed by atoms with Gasteiger partial charge in [-0.2, -0.15) is 0 Å². The highest BCUT2D eigenvalue weighted by Crippen LogP contribution is 2.19. The molecule has 0 aliphatic rings. The van der Waals surface area contributed by atoms with Gasteiger partial charge in [-0.3, -0.25) is 9.59 Å². The summed E-state index contributed by atoms with van der Waals surface area (Å²) in [6, 6.07) is 9.74. The van der Waals surface area contributed by atoms with Crippen LogP contribution in [0.15, 0.2) is 48.5 Å². The zero-order valence-corrected chi connectivity index (χ0v) is 12.8. The van der Waals surface area contributed by atoms with Crippen molar-refractivity contribution in [1.29, 1.82) is 0 Å². The third kappa shape index (κ3) is 3.94. The maximum atomic E-state index is 13.4. The van der Waals surface area contributed by atoms with E-state index in [1.165, 1.54) is 13.1 Å². The summed E-state index contributed by atoms with van der Waals surface area (Å²) in [7, 11) is 1.34. The molecule has 2 aromatic carbocycles. The Hall–Kier alpha value is -2.80. The molecular weight excluding hydrogens is 318 g/mol. The Morgan fingerprint density at radius 2 is 1.62 bits per heavy atom. The van der Waals surface area contributed by atoms with Crippen LogP contribution in [0.25, 0.3) is 0 Å². The number of benzene rings is 2. The molecule has 0 heterocycles. The third-order valence-electron chi connectivity index (χ3n) is 3.44. The summed E-state index contributed by atoms with van der Waals surface area (Å²) >= 11 is 0. The number of carbonyl (C=O) groups excluding carboxylic acids is 2. The summed E-state index contributed by atoms with van der Waals surface area (Å²) in [5.41, 5.74) is 0.401. The molecule has 0 spiro atoms. The van der Waals surface area contributed by atoms with Crippen molar-refractivity contribution in [1.82, 2.24) is 10.6 Å². The molecule has 0 radical (unpaired) electrons. The lowest BCUT2D eigenvalue weighted by atomic mass is 10.0. The predicted molar refractivity (Wildman–Crippen MR) is 82.7 cm³/mol. The SMILES string of the molecule is CNC(=O)C(NC(=O)C(O)c1ccccc1)c1ccc(F)c(F)c1. The Morgan fingerprint density at radius 3 is 2.21 bits per heavy atom. The summed E-state index contributed by atoms with van der Waals surface area (Å²) in [4.78, 5) is 24.2. The van der Waals surface area contributed by atoms with E-state index in [-0.39, 0.29) is 5.56 Å². The van der Waals surface area contributed by atoms with Crippen molar-refractivity contribution < 1.29 is 23.5 Å². The molecule has 0 saturated heterocycles. The van der Waals surface area contributed by atoms with Gasteiger partial charge < -0.3 is 15.7 Å². The topological polar surface area (TPSA) is 78.4 Å². The molecule has 0 bridgehead atoms. The minimum Gasteiger partial charge on any atom is -0.378 e. The van der Waals surface area contributed by atoms with Crippen LogP contribution in [0.2, 0.25) is 0 Å². The molecule has 2 atom stereocenters. The van der Waals surface area contributed by atoms with Crippen LogP contribution in [0.5, 0.6) is 0 Å². The number of nitrogens with one attached hydrogen (secondary N) is 2. The molecule has 0 aliphatic heterocycles. The van der Waals surface area contributed by atoms with Crippen LogP contribution >= 0.6 is 0 Å². The van der Waals surface area contributed by atoms with Crippen LogP contribution in [0.1, 0.15) is 23.3 Å². The van der Waals surface area contributed by atoms with Crippen LogP contribution in [0.4, 0.5) is 8.78 Å². The molecule has 7 heteroatoms. The van der Waals surface area contributed by atoms with Gasteiger partial charge in [0.05, 0.1) is 0 Å². The maximum absolute atomic E-state index is 13.4. The Bertz CT molecular complexity index is 738. The Labute approximate surface area is 137 Å². The first-order chi connectivity index (χ1) is 11.4. The van der Waals surface area contributed by atoms with Crippen LogP contribution in [0, 0.1) is 11.6 Å². The largest absolute Gasteiger partial charge is 0.378 e. The molecule has 2 amide bonds. The smallest absolute Gasteiger partial charge is 0.254 e. The maximum Gasteiger partial charge on any atom is 0.254 e. The van der Waals surface area contributed by atoms with Crippen LogP contribution in [-0.2, 0) is 9.59 Å². The van der Waals surface area contributed by atoms with Gasteiger partial charge in [0.2, 0.25) is 5.91 Å². The van der Waals surface area contributed by atoms with E-state index in [2.05, 4.69) is 10.6 Å². The number of carbonyl (C=O) groups is 2. The van der Waals surface area contributed by atoms with E-state index >= 15 is 0 Å². The van der Waals surface area contributed by atoms with Gasteiger partial charge in [-0.05, 0) is 23.3 Å². The summed E-state index contributed by atoms with van der Waals surface area (Å²) < 4.78 is 26.5. The second-order valence-corrected chi connectivity index (χ2v) is 5.04. The minimum absolute atomic E-state index is 0.0573. The molecule has 0 aliphatic carbocycles. The number of rotatable bonds is 5. The summed E-state index contributed by atoms with van der Waals surface area (Å²) in [6.07, 6.45) is -1.50. The average molecular weight is 334 g/mol. The van der Waals surface area contributed by atoms with Gasteiger partial charge in [-0.15, -0.1) is 0 Å². The number of aliphatic hydroxyl groups excluding tert-OH is 1. The second kappa shape index (κ2) is 7.65. The number of hydrogen-bond acceptors (Lipinski definition) is 3. The fourth-order valence-corrected chi connectivity index (χ4v) is 2.14. The number of hydrogen-bond donors (Lipinski definition) is 3. The van der Waals surface area contributed by atoms with Crippen molar-refractivity contribution in [2.75, 3.05) is 7.05 Å². The third-order valence-corrected chi connectivity index (χ3v) is 3.44. The van der Waals surface area contributed by atoms with Crippen molar-refractivity contribution in [3.05, 3.63) is 71.3 Å². The van der Waals surface area contributed by atoms with E-state index in [1.54, 1.807) is 30.3 Å². The molecule has 2 unspecified atom stereocenters. The van der Waals surface area contributed by atoms with Crippen molar-refractivity contribution in [2.24, 2.45) is 0 Å². The van der Waals surface area contributed by atoms with E-state index in [0.29, 0.717) is 5.56 Å². The molecular formula is C17H16F2N2O3. The first kappa shape index (κ1) is 17.6. The van der Waals surface area contributed by atoms with Crippen LogP contribution in [-0.4, -0.2) is 24.0 Å². The first-order valence-electron chi connectivity index (χ1n) is 7.14. The van der Waals surface area contributed by atoms with E-state index in [0.717, 1.165) is 12.1 Å². The summed E-state index contributed by atoms with van der Waals surface area (Å²) in [5.74, 6) is -3.67. The highest BCUT2D eigenvalue weighted by Gasteiger charge is 2.26. The Kier molecular flexibility index (Phi) is 5.59. The second-order valence-electron chi connectivity index (χ2n) is 5.04. The van der Waals surface area contributed by atoms with Gasteiger partial charge in [-0.25, -0.2) is 8.78 Å². The molecule has 3 N–H and O–H groups in total. The van der Waals surface area contributed by atoms with Gasteiger partial charge in [0.1, 0.15) is 6.04 Å². The van der Waals surface area contributed by atoms with E-state index in [4.69, 9.17) is 0 Å². The lowest BCUT2D eigenvalue weighted by molar-refractivity contribution is -0.134. The lowest BCUT2D eigenvalue weighted by Crippen LogP contribution is -2.41. The first-order valence-corrected chi connectivity index (χ1v) is 7.14. The monoisotopic (exact) mass is 334 g/mol. The molecule has 0 aromatic heterocycles. The zero-order chi connectivity index (χ0) is 17.7. The van der Waals surface area contributed by atoms with Gasteiger partial charge in [-0.1, -0.05) is 36.4 Å². The van der Waals surface area contributed by atoms with Gasteiger partial charge in [0.15, 0.2) is 17.7 Å². The minimum atomic E-state index is -1.50. The molecule has 2 aromatic rings. The Morgan fingerprint density at radius 1 is 0.958 bits per heavy atom. The highest BCUT2D eigenvalue weighted by molar-refractivity contribution is 5.90.